The summed E-state index contributed by atoms with van der Waals surface area (Å²) in [5, 5.41) is 67.0. The molecule has 0 unspecified atom stereocenters. The van der Waals surface area contributed by atoms with Crippen molar-refractivity contribution in [2.75, 3.05) is 0 Å². The van der Waals surface area contributed by atoms with Crippen LogP contribution in [0, 0.1) is 130 Å². The fourth-order valence-electron chi connectivity index (χ4n) is 27.6. The van der Waals surface area contributed by atoms with Crippen molar-refractivity contribution in [3.05, 3.63) is 129 Å². The molecule has 10 saturated carbocycles. The van der Waals surface area contributed by atoms with E-state index in [9.17, 15) is 30.6 Å². The highest BCUT2D eigenvalue weighted by molar-refractivity contribution is 5.30. The number of rotatable bonds is 14. The monoisotopic (exact) mass is 1340 g/mol. The van der Waals surface area contributed by atoms with Crippen LogP contribution >= 0.6 is 0 Å². The molecule has 3 aromatic rings. The highest BCUT2D eigenvalue weighted by Crippen LogP contribution is 2.72. The van der Waals surface area contributed by atoms with Gasteiger partial charge in [0.1, 0.15) is 0 Å². The number of aryl methyl sites for hydroxylation is 6. The Bertz CT molecular complexity index is 3470. The maximum absolute atomic E-state index is 12.1. The number of hydrogen-bond acceptors (Lipinski definition) is 6. The van der Waals surface area contributed by atoms with Crippen LogP contribution in [0.15, 0.2) is 96.1 Å². The zero-order valence-electron chi connectivity index (χ0n) is 67.4. The second-order valence-electron chi connectivity index (χ2n) is 38.1. The summed E-state index contributed by atoms with van der Waals surface area (Å²) in [6.45, 7) is 27.1. The molecule has 0 heterocycles. The molecule has 3 aromatic carbocycles. The molecule has 0 radical (unpaired) electrons. The van der Waals surface area contributed by atoms with Crippen LogP contribution in [-0.2, 0) is 19.2 Å². The van der Waals surface area contributed by atoms with Crippen LogP contribution in [-0.4, -0.2) is 65.8 Å². The van der Waals surface area contributed by atoms with Gasteiger partial charge in [-0.25, -0.2) is 0 Å². The fraction of sp³-hybridized carbons (Fsp3) is 0.761. The Labute approximate surface area is 601 Å². The number of aliphatic hydroxyl groups excluding tert-OH is 3. The number of aliphatic hydroxyl groups is 6. The van der Waals surface area contributed by atoms with Gasteiger partial charge in [-0.15, -0.1) is 0 Å². The zero-order valence-corrected chi connectivity index (χ0v) is 63.4. The fourth-order valence-corrected chi connectivity index (χ4v) is 27.6. The topological polar surface area (TPSA) is 121 Å². The molecule has 0 aromatic heterocycles. The predicted octanol–water partition coefficient (Wildman–Crippen LogP) is 20.7. The molecule has 0 spiro atoms. The van der Waals surface area contributed by atoms with Crippen LogP contribution < -0.4 is 0 Å². The molecular formula is C92H138O6. The average molecular weight is 1340 g/mol. The lowest BCUT2D eigenvalue weighted by Gasteiger charge is -2.61. The highest BCUT2D eigenvalue weighted by Gasteiger charge is 2.66. The SMILES string of the molecule is CC[C@@](O)(CCc1ccc(C)cc1)[C@H]1CC[C@H]2[C@@H]3CC=C4C[C@@H](O)CC[C@]4(C)[C@H]3CC[C@]12C.CC[C@@](O)(CCc1ccc(C)cc1)[C@H]1CC[C@H]2[C@@H]3CC[C@H]4C[C@@H](O)CC[C@]4(C)[C@H]3CC[C@]12C.[2H]C([2H])(c1ccc(C)cc1)C([2H])([2H])[C@@](C)(O)[C@H]1CC[C@H]2[C@@H]3CC=C4C[C@@H](O)CC[C@]4(C)[C@H]3CC[C@@]21C. The van der Waals surface area contributed by atoms with Gasteiger partial charge in [0.2, 0.25) is 0 Å². The molecule has 6 heteroatoms. The van der Waals surface area contributed by atoms with E-state index in [-0.39, 0.29) is 51.5 Å². The van der Waals surface area contributed by atoms with Crippen molar-refractivity contribution < 1.29 is 36.1 Å². The predicted molar refractivity (Wildman–Crippen MR) is 403 cm³/mol. The van der Waals surface area contributed by atoms with Crippen molar-refractivity contribution in [2.24, 2.45) is 109 Å². The van der Waals surface area contributed by atoms with E-state index in [0.717, 1.165) is 169 Å². The minimum absolute atomic E-state index is 0.0579. The van der Waals surface area contributed by atoms with Gasteiger partial charge in [0.05, 0.1) is 35.1 Å². The Morgan fingerprint density at radius 3 is 1.24 bits per heavy atom. The summed E-state index contributed by atoms with van der Waals surface area (Å²) in [5.41, 5.74) is 7.89. The van der Waals surface area contributed by atoms with Gasteiger partial charge in [0.15, 0.2) is 0 Å². The Hall–Kier alpha value is -3.10. The van der Waals surface area contributed by atoms with Crippen molar-refractivity contribution in [1.29, 1.82) is 0 Å². The van der Waals surface area contributed by atoms with Crippen molar-refractivity contribution in [1.82, 2.24) is 0 Å². The van der Waals surface area contributed by atoms with Gasteiger partial charge in [0, 0.05) is 5.48 Å². The second-order valence-corrected chi connectivity index (χ2v) is 38.1. The number of allylic oxidation sites excluding steroid dienone is 2. The molecule has 0 saturated heterocycles. The first-order valence-electron chi connectivity index (χ1n) is 42.8. The maximum atomic E-state index is 12.1. The van der Waals surface area contributed by atoms with E-state index in [1.54, 1.807) is 24.6 Å². The van der Waals surface area contributed by atoms with E-state index in [0.29, 0.717) is 40.4 Å². The van der Waals surface area contributed by atoms with E-state index in [4.69, 9.17) is 5.48 Å². The van der Waals surface area contributed by atoms with Crippen LogP contribution in [0.5, 0.6) is 0 Å². The minimum Gasteiger partial charge on any atom is -0.393 e. The molecule has 15 rings (SSSR count). The van der Waals surface area contributed by atoms with E-state index < -0.39 is 29.5 Å². The lowest BCUT2D eigenvalue weighted by molar-refractivity contribution is -0.148. The Morgan fingerprint density at radius 2 is 0.796 bits per heavy atom. The highest BCUT2D eigenvalue weighted by atomic mass is 16.3. The number of hydrogen-bond donors (Lipinski definition) is 6. The quantitative estimate of drug-likeness (QED) is 0.0895. The van der Waals surface area contributed by atoms with Crippen molar-refractivity contribution >= 4 is 0 Å². The molecule has 10 fully saturated rings. The molecule has 25 atom stereocenters. The van der Waals surface area contributed by atoms with E-state index in [1.807, 2.05) is 19.1 Å². The van der Waals surface area contributed by atoms with Gasteiger partial charge >= 0.3 is 0 Å². The number of fused-ring (bicyclic) bond motifs is 15. The molecule has 6 N–H and O–H groups in total. The average Bonchev–Trinajstić information content (AvgIpc) is 1.43. The molecule has 98 heavy (non-hydrogen) atoms. The van der Waals surface area contributed by atoms with Crippen molar-refractivity contribution in [3.8, 4) is 0 Å². The Morgan fingerprint density at radius 1 is 0.418 bits per heavy atom. The van der Waals surface area contributed by atoms with Crippen LogP contribution in [0.2, 0.25) is 0 Å². The summed E-state index contributed by atoms with van der Waals surface area (Å²) < 4.78 is 35.8. The van der Waals surface area contributed by atoms with Gasteiger partial charge in [-0.1, -0.05) is 168 Å². The molecule has 6 nitrogen and oxygen atoms in total. The zero-order chi connectivity index (χ0) is 73.2. The van der Waals surface area contributed by atoms with E-state index in [1.165, 1.54) is 105 Å². The van der Waals surface area contributed by atoms with Gasteiger partial charge in [-0.2, -0.15) is 0 Å². The smallest absolute Gasteiger partial charge is 0.0681 e. The van der Waals surface area contributed by atoms with E-state index >= 15 is 0 Å². The molecular weight excluding hydrogens is 1200 g/mol. The van der Waals surface area contributed by atoms with Crippen LogP contribution in [0.3, 0.4) is 0 Å². The third kappa shape index (κ3) is 13.3. The summed E-state index contributed by atoms with van der Waals surface area (Å²) in [6.07, 6.45) is 33.0. The normalized spacial score (nSPS) is 44.0. The third-order valence-electron chi connectivity index (χ3n) is 33.4. The standard InChI is InChI=1S/C31H48O2.C31H46O2.C30H44O2/c2*1-5-31(33,19-14-22-8-6-21(2)7-9-22)28-13-12-26-25-11-10-23-20-24(32)15-17-29(23,3)27(25)16-18-30(26,28)4;1-20-5-7-21(8-6-20)13-18-30(4,32)27-12-11-25-24-10-9-22-19-23(31)14-16-28(22,2)26(24)15-17-29(25,27)3/h6-9,23-28,32-33H,5,10-20H2,1-4H3;6-10,24-28,32-33H,5,11-20H2,1-4H3;5-9,23-27,31-32H,10-19H2,1-4H3/t23-,24-,25-,26-,27-,28-,29-,30-,31+;24-,25-,26-,27-,28-,29-,30-,31+;23-,24-,25-,26-,27-,28-,29-,30+/m000/s1/i;;13D2,18D2. The molecule has 12 aliphatic carbocycles. The lowest BCUT2D eigenvalue weighted by Crippen LogP contribution is -2.55. The molecule has 0 bridgehead atoms. The molecule has 12 aliphatic rings. The lowest BCUT2D eigenvalue weighted by atomic mass is 9.44. The maximum Gasteiger partial charge on any atom is 0.0681 e. The van der Waals surface area contributed by atoms with E-state index in [2.05, 4.69) is 130 Å². The Kier molecular flexibility index (Phi) is 19.5. The summed E-state index contributed by atoms with van der Waals surface area (Å²) in [7, 11) is 0. The first-order valence-corrected chi connectivity index (χ1v) is 40.8. The molecule has 542 valence electrons. The molecule has 0 amide bonds. The van der Waals surface area contributed by atoms with Crippen LogP contribution in [0.4, 0.5) is 0 Å². The first-order chi connectivity index (χ1) is 48.0. The van der Waals surface area contributed by atoms with Crippen LogP contribution in [0.25, 0.3) is 0 Å². The van der Waals surface area contributed by atoms with Gasteiger partial charge in [0.25, 0.3) is 0 Å². The minimum atomic E-state index is -2.46. The Balaban J connectivity index is 0.000000137. The van der Waals surface area contributed by atoms with Crippen LogP contribution in [0.1, 0.15) is 294 Å². The number of benzene rings is 3. The third-order valence-corrected chi connectivity index (χ3v) is 33.4. The molecule has 0 aliphatic heterocycles. The van der Waals surface area contributed by atoms with Crippen molar-refractivity contribution in [3.63, 3.8) is 0 Å². The summed E-state index contributed by atoms with van der Waals surface area (Å²) >= 11 is 0. The van der Waals surface area contributed by atoms with Gasteiger partial charge in [-0.3, -0.25) is 0 Å². The summed E-state index contributed by atoms with van der Waals surface area (Å²) in [4.78, 5) is 0. The summed E-state index contributed by atoms with van der Waals surface area (Å²) in [6, 6.07) is 24.7. The van der Waals surface area contributed by atoms with Crippen molar-refractivity contribution in [2.45, 2.75) is 330 Å². The van der Waals surface area contributed by atoms with Gasteiger partial charge in [-0.05, 0) is 366 Å². The summed E-state index contributed by atoms with van der Waals surface area (Å²) in [5.74, 6) is 7.47. The first kappa shape index (κ1) is 68.0. The largest absolute Gasteiger partial charge is 0.393 e. The second kappa shape index (κ2) is 28.1. The van der Waals surface area contributed by atoms with Gasteiger partial charge < -0.3 is 30.6 Å².